The standard InChI is InChI=1S/2C10H7F13O2.2C8H4F12O2.C7H7F7O.C5H4F6O.3CH3F/c2*1-3-5(12,8(16,17)18)24-10(22,23)7(15,9(19,20)21)25-6(13,14)4(2)11;2*1-3(9)5(13,14)22-6(15,7(16,17)18)8(19,20)21-2-4(10,11)12;1-3-5(9,7(12,13)14)15-6(10,11)4(2)8;1-3(6)5(10,11)12-2-4(7,8)9;3*1-2/h2*2-3H2,1H3;2*1-2H2;2-3H2,1H3;1-2H2;3*1H3. The van der Waals surface area contributed by atoms with E-state index in [1.807, 2.05) is 18.9 Å². The van der Waals surface area contributed by atoms with E-state index in [4.69, 9.17) is 0 Å². The molecule has 0 bridgehead atoms. The Morgan fingerprint density at radius 2 is 0.315 bits per heavy atom. The minimum Gasteiger partial charge on any atom is -0.306 e. The lowest BCUT2D eigenvalue weighted by Crippen LogP contribution is -2.64. The minimum absolute atomic E-state index is 0.163. The van der Waals surface area contributed by atoms with Gasteiger partial charge in [-0.2, -0.15) is 237 Å². The van der Waals surface area contributed by atoms with E-state index in [0.717, 1.165) is 0 Å². The maximum Gasteiger partial charge on any atom is 0.458 e. The van der Waals surface area contributed by atoms with E-state index in [1.165, 1.54) is 0 Å². The third kappa shape index (κ3) is 41.0. The van der Waals surface area contributed by atoms with Crippen LogP contribution in [0.25, 0.3) is 0 Å². The van der Waals surface area contributed by atoms with Crippen molar-refractivity contribution in [2.45, 2.75) is 204 Å². The summed E-state index contributed by atoms with van der Waals surface area (Å²) >= 11 is 0. The first-order valence-corrected chi connectivity index (χ1v) is 28.0. The summed E-state index contributed by atoms with van der Waals surface area (Å²) in [7, 11) is 1.50. The quantitative estimate of drug-likeness (QED) is 0.0592. The highest BCUT2D eigenvalue weighted by Crippen LogP contribution is 2.58. The van der Waals surface area contributed by atoms with E-state index >= 15 is 0 Å². The molecule has 7 atom stereocenters. The Labute approximate surface area is 657 Å². The van der Waals surface area contributed by atoms with Gasteiger partial charge in [0, 0.05) is 19.3 Å². The highest BCUT2D eigenvalue weighted by Gasteiger charge is 2.84. The Morgan fingerprint density at radius 3 is 0.441 bits per heavy atom. The van der Waals surface area contributed by atoms with Gasteiger partial charge < -0.3 is 14.2 Å². The van der Waals surface area contributed by atoms with Gasteiger partial charge in [0.25, 0.3) is 0 Å². The van der Waals surface area contributed by atoms with Crippen molar-refractivity contribution in [2.75, 3.05) is 41.4 Å². The SMILES string of the molecule is C=C(F)C(F)(F)OC(F)(C(F)(F)F)C(F)(F)OC(F)(CC)C(F)(F)F.C=C(F)C(F)(F)OC(F)(C(F)(F)F)C(F)(F)OC(F)(CC)C(F)(F)F.C=C(F)C(F)(F)OC(F)(C(F)(F)F)C(F)(F)OCC(F)(F)F.C=C(F)C(F)(F)OC(F)(C(F)(F)F)C(F)(F)OCC(F)(F)F.C=C(F)C(F)(F)OC(F)(CC)C(F)(F)F.C=C(F)C(F)(F)OCC(F)(F)F.CF.CF.CF. The van der Waals surface area contributed by atoms with Crippen LogP contribution in [0.15, 0.2) is 74.4 Å². The second kappa shape index (κ2) is 46.7. The van der Waals surface area contributed by atoms with Gasteiger partial charge in [0.1, 0.15) is 19.8 Å². The Balaban J connectivity index is -0.000000188. The van der Waals surface area contributed by atoms with Crippen molar-refractivity contribution in [1.29, 1.82) is 0 Å². The molecule has 768 valence electrons. The molecule has 0 heterocycles. The zero-order valence-electron chi connectivity index (χ0n) is 60.0. The molecule has 10 nitrogen and oxygen atoms in total. The predicted molar refractivity (Wildman–Crippen MR) is 276 cm³/mol. The van der Waals surface area contributed by atoms with E-state index in [9.17, 15) is 290 Å². The molecule has 0 aliphatic heterocycles. The van der Waals surface area contributed by atoms with Crippen molar-refractivity contribution >= 4 is 0 Å². The van der Waals surface area contributed by atoms with Crippen LogP contribution in [-0.2, 0) is 47.4 Å². The fraction of sp³-hybridized carbons (Fsp3) is 0.765. The summed E-state index contributed by atoms with van der Waals surface area (Å²) in [5.41, 5.74) is 0. The number of alkyl halides is 60. The number of hydrogen-bond acceptors (Lipinski definition) is 10. The summed E-state index contributed by atoms with van der Waals surface area (Å²) in [5.74, 6) is -60.9. The van der Waals surface area contributed by atoms with E-state index in [1.54, 1.807) is 26.3 Å². The molecule has 127 heavy (non-hydrogen) atoms. The molecule has 0 N–H and O–H groups in total. The second-order valence-corrected chi connectivity index (χ2v) is 20.1. The highest BCUT2D eigenvalue weighted by molar-refractivity contribution is 5.02. The fourth-order valence-electron chi connectivity index (χ4n) is 4.63. The zero-order valence-corrected chi connectivity index (χ0v) is 60.0. The number of ether oxygens (including phenoxy) is 10. The van der Waals surface area contributed by atoms with Crippen molar-refractivity contribution in [1.82, 2.24) is 0 Å². The molecule has 0 spiro atoms. The summed E-state index contributed by atoms with van der Waals surface area (Å²) in [5, 5.41) is 0. The molecule has 0 amide bonds. The molecule has 0 aliphatic carbocycles. The first kappa shape index (κ1) is 138. The van der Waals surface area contributed by atoms with Crippen LogP contribution in [-0.4, -0.2) is 205 Å². The van der Waals surface area contributed by atoms with Gasteiger partial charge in [-0.25, -0.2) is 39.5 Å². The molecule has 0 radical (unpaired) electrons. The summed E-state index contributed by atoms with van der Waals surface area (Å²) < 4.78 is 831. The van der Waals surface area contributed by atoms with Crippen LogP contribution in [0.4, 0.5) is 290 Å². The molecule has 0 rings (SSSR count). The van der Waals surface area contributed by atoms with Gasteiger partial charge in [0.2, 0.25) is 0 Å². The lowest BCUT2D eigenvalue weighted by Gasteiger charge is -2.38. The monoisotopic (exact) mass is 2070 g/mol. The van der Waals surface area contributed by atoms with Crippen molar-refractivity contribution in [2.24, 2.45) is 0 Å². The van der Waals surface area contributed by atoms with Crippen LogP contribution in [0.1, 0.15) is 40.0 Å². The number of rotatable bonds is 33. The molecule has 0 saturated carbocycles. The maximum atomic E-state index is 13.5. The van der Waals surface area contributed by atoms with E-state index in [2.05, 4.69) is 41.6 Å². The molecule has 0 aromatic rings. The normalized spacial score (nSPS) is 17.0. The number of hydrogen-bond donors (Lipinski definition) is 0. The minimum atomic E-state index is -7.21. The summed E-state index contributed by atoms with van der Waals surface area (Å²) in [4.78, 5) is 0. The predicted octanol–water partition coefficient (Wildman–Crippen LogP) is 28.2. The van der Waals surface area contributed by atoms with Crippen molar-refractivity contribution in [3.8, 4) is 0 Å². The van der Waals surface area contributed by atoms with Gasteiger partial charge in [-0.15, -0.1) is 0 Å². The number of halogens is 66. The average Bonchev–Trinajstić information content (AvgIpc) is 0.716. The molecule has 7 unspecified atom stereocenters. The van der Waals surface area contributed by atoms with Gasteiger partial charge in [-0.1, -0.05) is 60.2 Å². The van der Waals surface area contributed by atoms with Crippen LogP contribution in [0.2, 0.25) is 0 Å². The van der Waals surface area contributed by atoms with Crippen LogP contribution in [0.5, 0.6) is 0 Å². The Hall–Kier alpha value is -6.58. The molecule has 0 saturated heterocycles. The Bertz CT molecular complexity index is 3150. The van der Waals surface area contributed by atoms with Gasteiger partial charge >= 0.3 is 164 Å². The molecule has 0 aromatic heterocycles. The smallest absolute Gasteiger partial charge is 0.306 e. The summed E-state index contributed by atoms with van der Waals surface area (Å²) in [6.45, 7) is 3.46. The molecule has 0 fully saturated rings. The van der Waals surface area contributed by atoms with Crippen molar-refractivity contribution in [3.63, 3.8) is 0 Å². The van der Waals surface area contributed by atoms with Gasteiger partial charge in [0.05, 0.1) is 21.5 Å². The lowest BCUT2D eigenvalue weighted by molar-refractivity contribution is -0.527. The topological polar surface area (TPSA) is 92.3 Å². The first-order valence-electron chi connectivity index (χ1n) is 28.0. The Kier molecular flexibility index (Phi) is 50.8. The summed E-state index contributed by atoms with van der Waals surface area (Å²) in [6.07, 6.45) is -130. The largest absolute Gasteiger partial charge is 0.458 e. The summed E-state index contributed by atoms with van der Waals surface area (Å²) in [6, 6.07) is 0. The lowest BCUT2D eigenvalue weighted by atomic mass is 10.2. The van der Waals surface area contributed by atoms with Crippen LogP contribution in [0, 0.1) is 0 Å². The third-order valence-electron chi connectivity index (χ3n) is 10.7. The van der Waals surface area contributed by atoms with E-state index in [-0.39, 0.29) is 13.8 Å². The van der Waals surface area contributed by atoms with Gasteiger partial charge in [-0.05, 0) is 0 Å². The molecule has 76 heteroatoms. The zero-order chi connectivity index (χ0) is 106. The maximum absolute atomic E-state index is 13.5. The van der Waals surface area contributed by atoms with E-state index in [0.29, 0.717) is 28.5 Å². The average molecular weight is 2070 g/mol. The Morgan fingerprint density at radius 1 is 0.181 bits per heavy atom. The van der Waals surface area contributed by atoms with Crippen LogP contribution < -0.4 is 0 Å². The van der Waals surface area contributed by atoms with Crippen LogP contribution >= 0.6 is 0 Å². The van der Waals surface area contributed by atoms with Crippen LogP contribution in [0.3, 0.4) is 0 Å². The molecular formula is C51H42F66O10. The molecular weight excluding hydrogens is 2030 g/mol. The molecule has 0 aliphatic rings. The highest BCUT2D eigenvalue weighted by atomic mass is 19.5. The second-order valence-electron chi connectivity index (χ2n) is 20.1. The van der Waals surface area contributed by atoms with Gasteiger partial charge in [-0.3, -0.25) is 46.3 Å². The van der Waals surface area contributed by atoms with Gasteiger partial charge in [0.15, 0.2) is 35.0 Å². The molecule has 0 aromatic carbocycles. The fourth-order valence-corrected chi connectivity index (χ4v) is 4.63. The third-order valence-corrected chi connectivity index (χ3v) is 10.7. The van der Waals surface area contributed by atoms with Crippen molar-refractivity contribution in [3.05, 3.63) is 74.4 Å². The first-order chi connectivity index (χ1) is 54.7. The van der Waals surface area contributed by atoms with Crippen molar-refractivity contribution < 1.29 is 337 Å². The van der Waals surface area contributed by atoms with E-state index < -0.39 is 238 Å².